The highest BCUT2D eigenvalue weighted by Crippen LogP contribution is 2.61. The van der Waals surface area contributed by atoms with Crippen LogP contribution in [0, 0.1) is 29.1 Å². The number of halogens is 1. The van der Waals surface area contributed by atoms with Crippen LogP contribution in [-0.4, -0.2) is 15.1 Å². The van der Waals surface area contributed by atoms with Crippen LogP contribution < -0.4 is 0 Å². The summed E-state index contributed by atoms with van der Waals surface area (Å²) < 4.78 is 0.803. The van der Waals surface area contributed by atoms with Gasteiger partial charge < -0.3 is 5.11 Å². The van der Waals surface area contributed by atoms with E-state index in [-0.39, 0.29) is 6.10 Å². The van der Waals surface area contributed by atoms with E-state index in [1.165, 1.54) is 56.1 Å². The predicted octanol–water partition coefficient (Wildman–Crippen LogP) is 8.03. The second kappa shape index (κ2) is 10.0. The van der Waals surface area contributed by atoms with Crippen molar-refractivity contribution in [2.24, 2.45) is 29.1 Å². The molecular weight excluding hydrogens is 467 g/mol. The van der Waals surface area contributed by atoms with E-state index < -0.39 is 0 Å². The number of alkyl halides is 1. The molecule has 3 saturated carbocycles. The Hall–Kier alpha value is -0.0900. The maximum atomic E-state index is 10.1. The minimum atomic E-state index is -0.178. The van der Waals surface area contributed by atoms with Gasteiger partial charge >= 0.3 is 0 Å². The van der Waals surface area contributed by atoms with Crippen LogP contribution in [0.1, 0.15) is 91.9 Å². The summed E-state index contributed by atoms with van der Waals surface area (Å²) in [4.78, 5) is 0. The van der Waals surface area contributed by atoms with Crippen LogP contribution in [0.2, 0.25) is 0 Å². The van der Waals surface area contributed by atoms with Gasteiger partial charge in [-0.05, 0) is 79.6 Å². The van der Waals surface area contributed by atoms with Crippen molar-refractivity contribution in [3.8, 4) is 0 Å². The molecule has 164 valence electrons. The Morgan fingerprint density at radius 1 is 1.21 bits per heavy atom. The summed E-state index contributed by atoms with van der Waals surface area (Å²) in [7, 11) is 0. The fraction of sp³-hybridized carbons (Fsp3) is 0.778. The molecule has 0 spiro atoms. The topological polar surface area (TPSA) is 20.2 Å². The zero-order valence-electron chi connectivity index (χ0n) is 19.2. The third kappa shape index (κ3) is 5.40. The number of aliphatic hydroxyl groups excluding tert-OH is 1. The van der Waals surface area contributed by atoms with E-state index in [0.29, 0.717) is 5.41 Å². The lowest BCUT2D eigenvalue weighted by molar-refractivity contribution is 0.0959. The molecule has 3 rings (SSSR count). The average molecular weight is 511 g/mol. The van der Waals surface area contributed by atoms with E-state index in [2.05, 4.69) is 69.0 Å². The Kier molecular flexibility index (Phi) is 8.14. The minimum absolute atomic E-state index is 0.178. The highest BCUT2D eigenvalue weighted by Gasteiger charge is 2.54. The molecule has 1 N–H and O–H groups in total. The molecule has 0 heterocycles. The van der Waals surface area contributed by atoms with E-state index in [9.17, 15) is 5.11 Å². The Morgan fingerprint density at radius 3 is 2.69 bits per heavy atom. The van der Waals surface area contributed by atoms with Crippen molar-refractivity contribution in [1.82, 2.24) is 0 Å². The Morgan fingerprint density at radius 2 is 1.97 bits per heavy atom. The zero-order valence-corrected chi connectivity index (χ0v) is 21.4. The first kappa shape index (κ1) is 23.6. The van der Waals surface area contributed by atoms with Gasteiger partial charge in [0.25, 0.3) is 0 Å². The van der Waals surface area contributed by atoms with Gasteiger partial charge in [-0.15, -0.1) is 0 Å². The molecule has 3 aliphatic rings. The largest absolute Gasteiger partial charge is 0.393 e. The molecule has 2 heteroatoms. The first-order chi connectivity index (χ1) is 13.7. The van der Waals surface area contributed by atoms with Gasteiger partial charge in [-0.3, -0.25) is 0 Å². The van der Waals surface area contributed by atoms with Crippen LogP contribution in [0.25, 0.3) is 0 Å². The molecule has 3 aliphatic carbocycles. The minimum Gasteiger partial charge on any atom is -0.393 e. The lowest BCUT2D eigenvalue weighted by Gasteiger charge is -2.45. The van der Waals surface area contributed by atoms with Crippen molar-refractivity contribution in [3.63, 3.8) is 0 Å². The van der Waals surface area contributed by atoms with Gasteiger partial charge in [-0.25, -0.2) is 0 Å². The first-order valence-corrected chi connectivity index (χ1v) is 13.4. The van der Waals surface area contributed by atoms with Crippen LogP contribution in [-0.2, 0) is 0 Å². The fourth-order valence-corrected chi connectivity index (χ4v) is 8.72. The Labute approximate surface area is 193 Å². The molecule has 6 atom stereocenters. The van der Waals surface area contributed by atoms with Crippen LogP contribution >= 0.6 is 22.6 Å². The van der Waals surface area contributed by atoms with Crippen LogP contribution in [0.3, 0.4) is 0 Å². The summed E-state index contributed by atoms with van der Waals surface area (Å²) in [5.74, 6) is 3.25. The van der Waals surface area contributed by atoms with Gasteiger partial charge in [0, 0.05) is 3.92 Å². The van der Waals surface area contributed by atoms with Gasteiger partial charge in [-0.1, -0.05) is 99.4 Å². The molecule has 0 aromatic carbocycles. The van der Waals surface area contributed by atoms with Crippen molar-refractivity contribution < 1.29 is 5.11 Å². The molecule has 0 aromatic heterocycles. The molecule has 0 amide bonds. The zero-order chi connectivity index (χ0) is 21.2. The van der Waals surface area contributed by atoms with E-state index in [1.807, 2.05) is 0 Å². The van der Waals surface area contributed by atoms with E-state index in [0.717, 1.165) is 46.9 Å². The molecule has 0 saturated heterocycles. The average Bonchev–Trinajstić information content (AvgIpc) is 2.92. The molecule has 0 aromatic rings. The van der Waals surface area contributed by atoms with E-state index in [4.69, 9.17) is 0 Å². The van der Waals surface area contributed by atoms with Crippen molar-refractivity contribution in [3.05, 3.63) is 35.5 Å². The smallest absolute Gasteiger partial charge is 0.0583 e. The maximum Gasteiger partial charge on any atom is 0.0583 e. The van der Waals surface area contributed by atoms with E-state index >= 15 is 0 Å². The molecule has 29 heavy (non-hydrogen) atoms. The van der Waals surface area contributed by atoms with Crippen LogP contribution in [0.5, 0.6) is 0 Å². The lowest BCUT2D eigenvalue weighted by Crippen LogP contribution is -2.37. The first-order valence-electron chi connectivity index (χ1n) is 12.1. The van der Waals surface area contributed by atoms with Crippen LogP contribution in [0.15, 0.2) is 35.5 Å². The normalized spacial score (nSPS) is 39.3. The SMILES string of the molecule is C=C1CC[C@H](O)C/C1=C\C=C1/CCC[C@@]2(C)[C@@H]([C@H](C)CCCC(C)C)[C@@H](I)C[C@@H]12. The second-order valence-corrected chi connectivity index (χ2v) is 12.5. The van der Waals surface area contributed by atoms with Crippen LogP contribution in [0.4, 0.5) is 0 Å². The van der Waals surface area contributed by atoms with Crippen molar-refractivity contribution in [1.29, 1.82) is 0 Å². The third-order valence-corrected chi connectivity index (χ3v) is 9.56. The van der Waals surface area contributed by atoms with Gasteiger partial charge in [0.15, 0.2) is 0 Å². The molecule has 0 aliphatic heterocycles. The highest BCUT2D eigenvalue weighted by molar-refractivity contribution is 14.1. The molecular formula is C27H43IO. The number of rotatable bonds is 6. The highest BCUT2D eigenvalue weighted by atomic mass is 127. The van der Waals surface area contributed by atoms with Gasteiger partial charge in [0.05, 0.1) is 6.10 Å². The predicted molar refractivity (Wildman–Crippen MR) is 134 cm³/mol. The van der Waals surface area contributed by atoms with Crippen molar-refractivity contribution >= 4 is 22.6 Å². The third-order valence-electron chi connectivity index (χ3n) is 8.28. The fourth-order valence-electron chi connectivity index (χ4n) is 6.68. The lowest BCUT2D eigenvalue weighted by atomic mass is 9.60. The molecule has 0 radical (unpaired) electrons. The quantitative estimate of drug-likeness (QED) is 0.283. The summed E-state index contributed by atoms with van der Waals surface area (Å²) in [5, 5.41) is 10.1. The Balaban J connectivity index is 1.75. The standard InChI is InChI=1S/C27H43IO/c1-18(2)8-6-9-20(4)26-25(28)17-24-21(10-7-15-27(24,26)5)12-13-22-16-23(29)14-11-19(22)3/h12-13,18,20,23-26,29H,3,6-11,14-17H2,1-2,4-5H3/b21-12+,22-13+/t20-,23+,24+,25+,26+,27-/m1/s1. The number of hydrogen-bond acceptors (Lipinski definition) is 1. The maximum absolute atomic E-state index is 10.1. The monoisotopic (exact) mass is 510 g/mol. The van der Waals surface area contributed by atoms with Crippen molar-refractivity contribution in [2.45, 2.75) is 102 Å². The number of hydrogen-bond donors (Lipinski definition) is 1. The molecule has 1 nitrogen and oxygen atoms in total. The second-order valence-electron chi connectivity index (χ2n) is 10.9. The van der Waals surface area contributed by atoms with Gasteiger partial charge in [-0.2, -0.15) is 0 Å². The number of aliphatic hydroxyl groups is 1. The summed E-state index contributed by atoms with van der Waals surface area (Å²) >= 11 is 2.79. The molecule has 3 fully saturated rings. The summed E-state index contributed by atoms with van der Waals surface area (Å²) in [6, 6.07) is 0. The Bertz CT molecular complexity index is 645. The van der Waals surface area contributed by atoms with Gasteiger partial charge in [0.1, 0.15) is 0 Å². The van der Waals surface area contributed by atoms with Gasteiger partial charge in [0.2, 0.25) is 0 Å². The summed E-state index contributed by atoms with van der Waals surface area (Å²) in [5.41, 5.74) is 4.67. The summed E-state index contributed by atoms with van der Waals surface area (Å²) in [6.45, 7) is 14.1. The number of allylic oxidation sites excluding steroid dienone is 4. The molecule has 0 bridgehead atoms. The number of fused-ring (bicyclic) bond motifs is 1. The summed E-state index contributed by atoms with van der Waals surface area (Å²) in [6.07, 6.45) is 16.7. The van der Waals surface area contributed by atoms with Crippen molar-refractivity contribution in [2.75, 3.05) is 0 Å². The molecule has 0 unspecified atom stereocenters. The van der Waals surface area contributed by atoms with E-state index in [1.54, 1.807) is 5.57 Å².